The normalized spacial score (nSPS) is 17.0. The van der Waals surface area contributed by atoms with E-state index in [9.17, 15) is 0 Å². The number of hydrogen-bond donors (Lipinski definition) is 1. The van der Waals surface area contributed by atoms with Gasteiger partial charge < -0.3 is 5.73 Å². The fourth-order valence-electron chi connectivity index (χ4n) is 1.23. The number of hydrogen-bond acceptors (Lipinski definition) is 3. The summed E-state index contributed by atoms with van der Waals surface area (Å²) in [5.41, 5.74) is 6.23. The van der Waals surface area contributed by atoms with E-state index >= 15 is 0 Å². The van der Waals surface area contributed by atoms with E-state index in [0.29, 0.717) is 6.54 Å². The van der Waals surface area contributed by atoms with E-state index in [1.807, 2.05) is 23.0 Å². The van der Waals surface area contributed by atoms with E-state index in [0.717, 1.165) is 18.2 Å². The highest BCUT2D eigenvalue weighted by Gasteiger charge is 2.21. The van der Waals surface area contributed by atoms with Gasteiger partial charge in [-0.2, -0.15) is 0 Å². The minimum Gasteiger partial charge on any atom is -0.327 e. The molecule has 0 aromatic carbocycles. The SMILES string of the molecule is NC/C=C/c1cn(CC2CC2)nn1. The first kappa shape index (κ1) is 8.44. The van der Waals surface area contributed by atoms with Crippen LogP contribution in [-0.2, 0) is 6.54 Å². The van der Waals surface area contributed by atoms with E-state index in [4.69, 9.17) is 5.73 Å². The molecule has 0 atom stereocenters. The molecule has 4 nitrogen and oxygen atoms in total. The number of rotatable bonds is 4. The molecule has 1 aromatic heterocycles. The molecule has 1 aliphatic carbocycles. The molecule has 2 N–H and O–H groups in total. The first-order chi connectivity index (χ1) is 6.38. The summed E-state index contributed by atoms with van der Waals surface area (Å²) in [5.74, 6) is 0.841. The van der Waals surface area contributed by atoms with Gasteiger partial charge in [0.15, 0.2) is 0 Å². The van der Waals surface area contributed by atoms with E-state index in [2.05, 4.69) is 10.3 Å². The van der Waals surface area contributed by atoms with Gasteiger partial charge in [0.2, 0.25) is 0 Å². The fraction of sp³-hybridized carbons (Fsp3) is 0.556. The van der Waals surface area contributed by atoms with E-state index in [-0.39, 0.29) is 0 Å². The van der Waals surface area contributed by atoms with Crippen molar-refractivity contribution in [3.8, 4) is 0 Å². The van der Waals surface area contributed by atoms with Crippen LogP contribution in [0, 0.1) is 5.92 Å². The maximum atomic E-state index is 5.33. The highest BCUT2D eigenvalue weighted by Crippen LogP contribution is 2.30. The minimum atomic E-state index is 0.551. The molecule has 4 heteroatoms. The molecule has 1 aromatic rings. The molecule has 0 radical (unpaired) electrons. The third-order valence-corrected chi connectivity index (χ3v) is 2.12. The summed E-state index contributed by atoms with van der Waals surface area (Å²) >= 11 is 0. The Labute approximate surface area is 77.4 Å². The van der Waals surface area contributed by atoms with E-state index < -0.39 is 0 Å². The van der Waals surface area contributed by atoms with Gasteiger partial charge >= 0.3 is 0 Å². The van der Waals surface area contributed by atoms with Crippen molar-refractivity contribution in [3.63, 3.8) is 0 Å². The smallest absolute Gasteiger partial charge is 0.105 e. The summed E-state index contributed by atoms with van der Waals surface area (Å²) in [7, 11) is 0. The molecule has 1 heterocycles. The summed E-state index contributed by atoms with van der Waals surface area (Å²) in [6.45, 7) is 1.57. The highest BCUT2D eigenvalue weighted by atomic mass is 15.4. The molecule has 0 unspecified atom stereocenters. The summed E-state index contributed by atoms with van der Waals surface area (Å²) in [6.07, 6.45) is 8.42. The second kappa shape index (κ2) is 3.70. The molecule has 70 valence electrons. The third-order valence-electron chi connectivity index (χ3n) is 2.12. The number of nitrogens with two attached hydrogens (primary N) is 1. The van der Waals surface area contributed by atoms with Crippen LogP contribution in [0.4, 0.5) is 0 Å². The van der Waals surface area contributed by atoms with Gasteiger partial charge in [-0.3, -0.25) is 4.68 Å². The predicted molar refractivity (Wildman–Crippen MR) is 50.8 cm³/mol. The van der Waals surface area contributed by atoms with Gasteiger partial charge in [0.25, 0.3) is 0 Å². The lowest BCUT2D eigenvalue weighted by Gasteiger charge is -1.93. The second-order valence-electron chi connectivity index (χ2n) is 3.45. The van der Waals surface area contributed by atoms with Crippen LogP contribution in [0.5, 0.6) is 0 Å². The maximum Gasteiger partial charge on any atom is 0.105 e. The van der Waals surface area contributed by atoms with Crippen molar-refractivity contribution in [2.45, 2.75) is 19.4 Å². The highest BCUT2D eigenvalue weighted by molar-refractivity contribution is 5.42. The molecule has 1 fully saturated rings. The molecule has 1 saturated carbocycles. The first-order valence-corrected chi connectivity index (χ1v) is 4.65. The summed E-state index contributed by atoms with van der Waals surface area (Å²) in [4.78, 5) is 0. The van der Waals surface area contributed by atoms with Gasteiger partial charge in [0.1, 0.15) is 5.69 Å². The van der Waals surface area contributed by atoms with Crippen LogP contribution >= 0.6 is 0 Å². The summed E-state index contributed by atoms with van der Waals surface area (Å²) < 4.78 is 1.91. The number of aromatic nitrogens is 3. The maximum absolute atomic E-state index is 5.33. The Hall–Kier alpha value is -1.16. The van der Waals surface area contributed by atoms with Gasteiger partial charge in [-0.05, 0) is 24.8 Å². The third kappa shape index (κ3) is 2.39. The van der Waals surface area contributed by atoms with Crippen molar-refractivity contribution in [1.29, 1.82) is 0 Å². The topological polar surface area (TPSA) is 56.7 Å². The van der Waals surface area contributed by atoms with Gasteiger partial charge in [-0.15, -0.1) is 5.10 Å². The van der Waals surface area contributed by atoms with Crippen LogP contribution in [0.2, 0.25) is 0 Å². The van der Waals surface area contributed by atoms with Crippen molar-refractivity contribution in [3.05, 3.63) is 18.0 Å². The van der Waals surface area contributed by atoms with Crippen LogP contribution in [0.3, 0.4) is 0 Å². The lowest BCUT2D eigenvalue weighted by molar-refractivity contribution is 0.544. The lowest BCUT2D eigenvalue weighted by Crippen LogP contribution is -1.99. The molecule has 2 rings (SSSR count). The Morgan fingerprint density at radius 2 is 2.46 bits per heavy atom. The quantitative estimate of drug-likeness (QED) is 0.736. The molecular weight excluding hydrogens is 164 g/mol. The minimum absolute atomic E-state index is 0.551. The van der Waals surface area contributed by atoms with Crippen LogP contribution in [0.25, 0.3) is 6.08 Å². The van der Waals surface area contributed by atoms with Crippen LogP contribution < -0.4 is 5.73 Å². The first-order valence-electron chi connectivity index (χ1n) is 4.65. The molecule has 0 saturated heterocycles. The molecular formula is C9H14N4. The molecule has 0 amide bonds. The van der Waals surface area contributed by atoms with E-state index in [1.165, 1.54) is 12.8 Å². The van der Waals surface area contributed by atoms with Crippen molar-refractivity contribution in [2.24, 2.45) is 11.7 Å². The van der Waals surface area contributed by atoms with Gasteiger partial charge in [0.05, 0.1) is 6.20 Å². The Bertz CT molecular complexity index is 298. The molecule has 0 spiro atoms. The zero-order valence-corrected chi connectivity index (χ0v) is 7.56. The van der Waals surface area contributed by atoms with Crippen molar-refractivity contribution < 1.29 is 0 Å². The molecule has 0 aliphatic heterocycles. The Morgan fingerprint density at radius 1 is 1.62 bits per heavy atom. The van der Waals surface area contributed by atoms with Gasteiger partial charge in [-0.1, -0.05) is 11.3 Å². The van der Waals surface area contributed by atoms with Crippen LogP contribution in [0.15, 0.2) is 12.3 Å². The summed E-state index contributed by atoms with van der Waals surface area (Å²) in [6, 6.07) is 0. The average Bonchev–Trinajstić information content (AvgIpc) is 2.81. The molecule has 0 bridgehead atoms. The van der Waals surface area contributed by atoms with Crippen molar-refractivity contribution in [1.82, 2.24) is 15.0 Å². The zero-order valence-electron chi connectivity index (χ0n) is 7.56. The van der Waals surface area contributed by atoms with Gasteiger partial charge in [0, 0.05) is 13.1 Å². The zero-order chi connectivity index (χ0) is 9.10. The van der Waals surface area contributed by atoms with E-state index in [1.54, 1.807) is 0 Å². The number of nitrogens with zero attached hydrogens (tertiary/aromatic N) is 3. The van der Waals surface area contributed by atoms with Crippen molar-refractivity contribution >= 4 is 6.08 Å². The van der Waals surface area contributed by atoms with Crippen LogP contribution in [0.1, 0.15) is 18.5 Å². The monoisotopic (exact) mass is 178 g/mol. The second-order valence-corrected chi connectivity index (χ2v) is 3.45. The standard InChI is InChI=1S/C9H14N4/c10-5-1-2-9-7-13(12-11-9)6-8-3-4-8/h1-2,7-8H,3-6,10H2/b2-1+. The Kier molecular flexibility index (Phi) is 2.40. The summed E-state index contributed by atoms with van der Waals surface area (Å²) in [5, 5.41) is 8.03. The molecule has 13 heavy (non-hydrogen) atoms. The van der Waals surface area contributed by atoms with Gasteiger partial charge in [-0.25, -0.2) is 0 Å². The van der Waals surface area contributed by atoms with Crippen LogP contribution in [-0.4, -0.2) is 21.5 Å². The predicted octanol–water partition coefficient (Wildman–Crippen LogP) is 0.660. The Balaban J connectivity index is 1.95. The lowest BCUT2D eigenvalue weighted by atomic mass is 10.4. The fourth-order valence-corrected chi connectivity index (χ4v) is 1.23. The Morgan fingerprint density at radius 3 is 3.15 bits per heavy atom. The largest absolute Gasteiger partial charge is 0.327 e. The molecule has 1 aliphatic rings. The average molecular weight is 178 g/mol. The van der Waals surface area contributed by atoms with Crippen molar-refractivity contribution in [2.75, 3.05) is 6.54 Å².